The number of nitrogens with zero attached hydrogens (tertiary/aromatic N) is 2. The fraction of sp³-hybridized carbons (Fsp3) is 0.118. The van der Waals surface area contributed by atoms with E-state index in [1.165, 1.54) is 0 Å². The Balaban J connectivity index is 1.49. The number of halogens is 1. The summed E-state index contributed by atoms with van der Waals surface area (Å²) in [6, 6.07) is 9.79. The normalized spacial score (nSPS) is 10.6. The molecule has 0 radical (unpaired) electrons. The van der Waals surface area contributed by atoms with Gasteiger partial charge in [-0.2, -0.15) is 0 Å². The molecule has 0 saturated heterocycles. The van der Waals surface area contributed by atoms with Crippen molar-refractivity contribution in [2.75, 3.05) is 17.7 Å². The van der Waals surface area contributed by atoms with E-state index in [4.69, 9.17) is 9.15 Å². The highest BCUT2D eigenvalue weighted by Gasteiger charge is 2.18. The monoisotopic (exact) mass is 405 g/mol. The van der Waals surface area contributed by atoms with Crippen LogP contribution in [0.5, 0.6) is 0 Å². The van der Waals surface area contributed by atoms with Gasteiger partial charge in [-0.3, -0.25) is 19.7 Å². The number of ether oxygens (including phenoxy) is 1. The van der Waals surface area contributed by atoms with Gasteiger partial charge >= 0.3 is 5.97 Å². The Morgan fingerprint density at radius 2 is 2.07 bits per heavy atom. The molecule has 0 bridgehead atoms. The van der Waals surface area contributed by atoms with Crippen LogP contribution in [0.4, 0.5) is 15.8 Å². The highest BCUT2D eigenvalue weighted by atomic mass is 32.2. The van der Waals surface area contributed by atoms with Crippen molar-refractivity contribution < 1.29 is 28.1 Å². The minimum atomic E-state index is -0.832. The Bertz CT molecular complexity index is 1020. The molecule has 0 unspecified atom stereocenters. The van der Waals surface area contributed by atoms with Gasteiger partial charge in [0.2, 0.25) is 0 Å². The molecule has 28 heavy (non-hydrogen) atoms. The van der Waals surface area contributed by atoms with Crippen LogP contribution in [0.2, 0.25) is 0 Å². The first-order chi connectivity index (χ1) is 13.4. The van der Waals surface area contributed by atoms with Crippen LogP contribution < -0.4 is 5.32 Å². The Morgan fingerprint density at radius 3 is 2.82 bits per heavy atom. The van der Waals surface area contributed by atoms with Crippen LogP contribution in [0, 0.1) is 15.9 Å². The van der Waals surface area contributed by atoms with Gasteiger partial charge in [0.25, 0.3) is 16.8 Å². The van der Waals surface area contributed by atoms with E-state index in [1.807, 2.05) is 0 Å². The van der Waals surface area contributed by atoms with Gasteiger partial charge in [-0.05, 0) is 24.3 Å². The largest absolute Gasteiger partial charge is 0.455 e. The zero-order chi connectivity index (χ0) is 20.1. The van der Waals surface area contributed by atoms with Crippen LogP contribution in [0.15, 0.2) is 52.1 Å². The van der Waals surface area contributed by atoms with Gasteiger partial charge in [0, 0.05) is 0 Å². The molecule has 1 amide bonds. The van der Waals surface area contributed by atoms with Crippen molar-refractivity contribution in [2.24, 2.45) is 0 Å². The lowest BCUT2D eigenvalue weighted by molar-refractivity contribution is -0.384. The molecule has 1 aromatic heterocycles. The second-order valence-corrected chi connectivity index (χ2v) is 6.29. The highest BCUT2D eigenvalue weighted by molar-refractivity contribution is 7.99. The second kappa shape index (κ2) is 8.48. The maximum atomic E-state index is 13.1. The van der Waals surface area contributed by atoms with Crippen LogP contribution >= 0.6 is 11.8 Å². The first-order valence-corrected chi connectivity index (χ1v) is 8.79. The molecule has 1 N–H and O–H groups in total. The lowest BCUT2D eigenvalue weighted by Gasteiger charge is -2.07. The first kappa shape index (κ1) is 19.3. The minimum Gasteiger partial charge on any atom is -0.455 e. The average Bonchev–Trinajstić information content (AvgIpc) is 3.09. The van der Waals surface area contributed by atoms with Crippen molar-refractivity contribution in [3.05, 3.63) is 58.4 Å². The topological polar surface area (TPSA) is 125 Å². The van der Waals surface area contributed by atoms with Gasteiger partial charge in [-0.25, -0.2) is 9.37 Å². The molecular weight excluding hydrogens is 393 g/mol. The predicted molar refractivity (Wildman–Crippen MR) is 97.4 cm³/mol. The molecule has 0 aliphatic rings. The van der Waals surface area contributed by atoms with Gasteiger partial charge in [-0.1, -0.05) is 23.9 Å². The number of rotatable bonds is 7. The molecule has 0 saturated carbocycles. The molecule has 9 nitrogen and oxygen atoms in total. The zero-order valence-electron chi connectivity index (χ0n) is 14.1. The summed E-state index contributed by atoms with van der Waals surface area (Å²) in [4.78, 5) is 37.8. The van der Waals surface area contributed by atoms with Gasteiger partial charge in [0.05, 0.1) is 11.0 Å². The Labute approximate surface area is 161 Å². The number of nitrogens with one attached hydrogen (secondary N) is 1. The van der Waals surface area contributed by atoms with Crippen LogP contribution in [-0.4, -0.2) is 34.1 Å². The lowest BCUT2D eigenvalue weighted by atomic mass is 10.2. The summed E-state index contributed by atoms with van der Waals surface area (Å²) in [6.45, 7) is -0.651. The van der Waals surface area contributed by atoms with Crippen molar-refractivity contribution in [2.45, 2.75) is 5.22 Å². The van der Waals surface area contributed by atoms with Gasteiger partial charge < -0.3 is 14.5 Å². The summed E-state index contributed by atoms with van der Waals surface area (Å²) in [5.41, 5.74) is 0.428. The number of esters is 1. The third kappa shape index (κ3) is 4.82. The smallest absolute Gasteiger partial charge is 0.316 e. The summed E-state index contributed by atoms with van der Waals surface area (Å²) >= 11 is 1.00. The van der Waals surface area contributed by atoms with E-state index in [9.17, 15) is 24.1 Å². The summed E-state index contributed by atoms with van der Waals surface area (Å²) in [6.07, 6.45) is 0. The number of para-hydroxylation sites is 2. The van der Waals surface area contributed by atoms with Crippen molar-refractivity contribution in [1.29, 1.82) is 0 Å². The SMILES string of the molecule is O=C(COC(=O)CSc1nc2ccccc2o1)Nc1ccc(F)cc1[N+](=O)[O-]. The first-order valence-electron chi connectivity index (χ1n) is 7.80. The maximum absolute atomic E-state index is 13.1. The van der Waals surface area contributed by atoms with E-state index < -0.39 is 34.9 Å². The molecule has 11 heteroatoms. The van der Waals surface area contributed by atoms with Crippen LogP contribution in [0.1, 0.15) is 0 Å². The summed E-state index contributed by atoms with van der Waals surface area (Å²) in [7, 11) is 0. The van der Waals surface area contributed by atoms with E-state index in [0.29, 0.717) is 17.2 Å². The molecule has 0 aliphatic heterocycles. The summed E-state index contributed by atoms with van der Waals surface area (Å²) < 4.78 is 23.3. The molecule has 2 aromatic carbocycles. The standard InChI is InChI=1S/C17H12FN3O6S/c18-10-5-6-11(13(7-10)21(24)25)19-15(22)8-26-16(23)9-28-17-20-12-3-1-2-4-14(12)27-17/h1-7H,8-9H2,(H,19,22). The number of fused-ring (bicyclic) bond motifs is 1. The number of oxazole rings is 1. The summed E-state index contributed by atoms with van der Waals surface area (Å²) in [5.74, 6) is -2.45. The van der Waals surface area contributed by atoms with Gasteiger partial charge in [0.1, 0.15) is 22.8 Å². The number of benzene rings is 2. The van der Waals surface area contributed by atoms with E-state index in [-0.39, 0.29) is 16.7 Å². The average molecular weight is 405 g/mol. The van der Waals surface area contributed by atoms with E-state index in [0.717, 1.165) is 23.9 Å². The molecular formula is C17H12FN3O6S. The van der Waals surface area contributed by atoms with Crippen molar-refractivity contribution in [3.63, 3.8) is 0 Å². The number of nitro groups is 1. The fourth-order valence-corrected chi connectivity index (χ4v) is 2.81. The Hall–Kier alpha value is -3.47. The molecule has 0 aliphatic carbocycles. The second-order valence-electron chi connectivity index (χ2n) is 5.36. The number of amides is 1. The number of carbonyl (C=O) groups is 2. The Kier molecular flexibility index (Phi) is 5.84. The quantitative estimate of drug-likeness (QED) is 0.275. The molecule has 0 spiro atoms. The van der Waals surface area contributed by atoms with Crippen LogP contribution in [0.3, 0.4) is 0 Å². The number of nitro benzene ring substituents is 1. The van der Waals surface area contributed by atoms with Gasteiger partial charge in [0.15, 0.2) is 12.2 Å². The lowest BCUT2D eigenvalue weighted by Crippen LogP contribution is -2.22. The van der Waals surface area contributed by atoms with E-state index in [2.05, 4.69) is 10.3 Å². The van der Waals surface area contributed by atoms with Gasteiger partial charge in [-0.15, -0.1) is 0 Å². The number of anilines is 1. The third-order valence-corrected chi connectivity index (χ3v) is 4.18. The van der Waals surface area contributed by atoms with Crippen molar-refractivity contribution in [3.8, 4) is 0 Å². The fourth-order valence-electron chi connectivity index (χ4n) is 2.17. The Morgan fingerprint density at radius 1 is 1.29 bits per heavy atom. The number of carbonyl (C=O) groups excluding carboxylic acids is 2. The molecule has 3 aromatic rings. The number of aromatic nitrogens is 1. The highest BCUT2D eigenvalue weighted by Crippen LogP contribution is 2.25. The van der Waals surface area contributed by atoms with Crippen LogP contribution in [0.25, 0.3) is 11.1 Å². The molecule has 144 valence electrons. The molecule has 0 atom stereocenters. The predicted octanol–water partition coefficient (Wildman–Crippen LogP) is 3.15. The number of thioether (sulfide) groups is 1. The zero-order valence-corrected chi connectivity index (χ0v) is 14.9. The molecule has 0 fully saturated rings. The van der Waals surface area contributed by atoms with Crippen molar-refractivity contribution >= 4 is 46.1 Å². The van der Waals surface area contributed by atoms with Crippen LogP contribution in [-0.2, 0) is 14.3 Å². The van der Waals surface area contributed by atoms with E-state index in [1.54, 1.807) is 24.3 Å². The maximum Gasteiger partial charge on any atom is 0.316 e. The molecule has 1 heterocycles. The molecule has 3 rings (SSSR count). The number of hydrogen-bond acceptors (Lipinski definition) is 8. The van der Waals surface area contributed by atoms with Crippen molar-refractivity contribution in [1.82, 2.24) is 4.98 Å². The number of hydrogen-bond donors (Lipinski definition) is 1. The summed E-state index contributed by atoms with van der Waals surface area (Å²) in [5, 5.41) is 13.4. The third-order valence-electron chi connectivity index (χ3n) is 3.38. The van der Waals surface area contributed by atoms with E-state index >= 15 is 0 Å². The minimum absolute atomic E-state index is 0.142.